The number of hydrogen-bond donors (Lipinski definition) is 1. The number of alkyl halides is 5. The Morgan fingerprint density at radius 2 is 1.79 bits per heavy atom. The van der Waals surface area contributed by atoms with Gasteiger partial charge in [-0.15, -0.1) is 5.10 Å². The topological polar surface area (TPSA) is 69.0 Å². The molecular weight excluding hydrogens is 406 g/mol. The van der Waals surface area contributed by atoms with Gasteiger partial charge in [0, 0.05) is 5.69 Å². The van der Waals surface area contributed by atoms with E-state index >= 15 is 0 Å². The number of benzene rings is 2. The molecular formula is C17H10F6N4O2. The van der Waals surface area contributed by atoms with Crippen LogP contribution in [0.15, 0.2) is 48.5 Å². The average molecular weight is 416 g/mol. The number of nitrogens with one attached hydrogen (secondary N) is 1. The maximum Gasteiger partial charge on any atom is 0.435 e. The standard InChI is InChI=1S/C17H10F6N4O2/c18-9-2-1-3-11(8-9)27-14(17(21,22)23)13(25-26-27)15(28)24-10-4-6-12(7-5-10)29-16(19)20/h1-8,16H,(H,24,28). The van der Waals surface area contributed by atoms with Crippen molar-refractivity contribution in [1.82, 2.24) is 15.0 Å². The van der Waals surface area contributed by atoms with E-state index in [2.05, 4.69) is 20.4 Å². The van der Waals surface area contributed by atoms with Crippen LogP contribution >= 0.6 is 0 Å². The largest absolute Gasteiger partial charge is 0.435 e. The van der Waals surface area contributed by atoms with E-state index in [0.29, 0.717) is 4.68 Å². The van der Waals surface area contributed by atoms with E-state index in [1.54, 1.807) is 0 Å². The highest BCUT2D eigenvalue weighted by molar-refractivity contribution is 6.03. The van der Waals surface area contributed by atoms with Crippen LogP contribution in [0.3, 0.4) is 0 Å². The second-order valence-corrected chi connectivity index (χ2v) is 5.53. The van der Waals surface area contributed by atoms with Crippen molar-refractivity contribution in [3.63, 3.8) is 0 Å². The van der Waals surface area contributed by atoms with E-state index in [9.17, 15) is 31.1 Å². The minimum atomic E-state index is -5.03. The smallest absolute Gasteiger partial charge is 0.435 e. The van der Waals surface area contributed by atoms with Crippen LogP contribution in [0.25, 0.3) is 5.69 Å². The van der Waals surface area contributed by atoms with E-state index < -0.39 is 35.9 Å². The summed E-state index contributed by atoms with van der Waals surface area (Å²) in [5, 5.41) is 8.75. The quantitative estimate of drug-likeness (QED) is 0.631. The summed E-state index contributed by atoms with van der Waals surface area (Å²) in [6.07, 6.45) is -5.03. The Hall–Kier alpha value is -3.57. The van der Waals surface area contributed by atoms with E-state index in [4.69, 9.17) is 0 Å². The SMILES string of the molecule is O=C(Nc1ccc(OC(F)F)cc1)c1nnn(-c2cccc(F)c2)c1C(F)(F)F. The molecule has 0 unspecified atom stereocenters. The first-order valence-corrected chi connectivity index (χ1v) is 7.80. The minimum Gasteiger partial charge on any atom is -0.435 e. The van der Waals surface area contributed by atoms with Crippen molar-refractivity contribution in [2.24, 2.45) is 0 Å². The molecule has 2 aromatic carbocycles. The summed E-state index contributed by atoms with van der Waals surface area (Å²) in [7, 11) is 0. The van der Waals surface area contributed by atoms with Gasteiger partial charge < -0.3 is 10.1 Å². The molecule has 1 aromatic heterocycles. The normalized spacial score (nSPS) is 11.6. The van der Waals surface area contributed by atoms with Gasteiger partial charge >= 0.3 is 12.8 Å². The van der Waals surface area contributed by atoms with Crippen LogP contribution < -0.4 is 10.1 Å². The fourth-order valence-corrected chi connectivity index (χ4v) is 2.39. The molecule has 3 aromatic rings. The number of carbonyl (C=O) groups is 1. The average Bonchev–Trinajstić information content (AvgIpc) is 3.09. The molecule has 0 saturated carbocycles. The monoisotopic (exact) mass is 416 g/mol. The summed E-state index contributed by atoms with van der Waals surface area (Å²) in [4.78, 5) is 12.3. The summed E-state index contributed by atoms with van der Waals surface area (Å²) in [6.45, 7) is -3.05. The number of ether oxygens (including phenoxy) is 1. The van der Waals surface area contributed by atoms with E-state index in [1.165, 1.54) is 6.07 Å². The zero-order chi connectivity index (χ0) is 21.2. The van der Waals surface area contributed by atoms with Gasteiger partial charge in [-0.05, 0) is 42.5 Å². The summed E-state index contributed by atoms with van der Waals surface area (Å²) in [5.41, 5.74) is -2.82. The maximum atomic E-state index is 13.5. The van der Waals surface area contributed by atoms with Gasteiger partial charge in [-0.25, -0.2) is 9.07 Å². The number of halogens is 6. The number of rotatable bonds is 5. The van der Waals surface area contributed by atoms with Crippen molar-refractivity contribution >= 4 is 11.6 Å². The molecule has 0 aliphatic rings. The van der Waals surface area contributed by atoms with Gasteiger partial charge in [0.25, 0.3) is 5.91 Å². The lowest BCUT2D eigenvalue weighted by molar-refractivity contribution is -0.143. The predicted molar refractivity (Wildman–Crippen MR) is 87.3 cm³/mol. The van der Waals surface area contributed by atoms with Crippen molar-refractivity contribution in [2.45, 2.75) is 12.8 Å². The number of aromatic nitrogens is 3. The first-order valence-electron chi connectivity index (χ1n) is 7.80. The number of nitrogens with zero attached hydrogens (tertiary/aromatic N) is 3. The van der Waals surface area contributed by atoms with Crippen LogP contribution in [0.2, 0.25) is 0 Å². The van der Waals surface area contributed by atoms with Crippen molar-refractivity contribution in [2.75, 3.05) is 5.32 Å². The minimum absolute atomic E-state index is 0.00467. The predicted octanol–water partition coefficient (Wildman–Crippen LogP) is 4.28. The third-order valence-corrected chi connectivity index (χ3v) is 3.54. The maximum absolute atomic E-state index is 13.5. The zero-order valence-electron chi connectivity index (χ0n) is 14.1. The molecule has 29 heavy (non-hydrogen) atoms. The summed E-state index contributed by atoms with van der Waals surface area (Å²) in [5.74, 6) is -2.25. The third-order valence-electron chi connectivity index (χ3n) is 3.54. The fraction of sp³-hybridized carbons (Fsp3) is 0.118. The van der Waals surface area contributed by atoms with Crippen LogP contribution in [-0.4, -0.2) is 27.5 Å². The van der Waals surface area contributed by atoms with Gasteiger partial charge in [-0.1, -0.05) is 11.3 Å². The molecule has 12 heteroatoms. The van der Waals surface area contributed by atoms with Crippen LogP contribution in [0.4, 0.5) is 32.0 Å². The van der Waals surface area contributed by atoms with E-state index in [1.807, 2.05) is 0 Å². The molecule has 3 rings (SSSR count). The zero-order valence-corrected chi connectivity index (χ0v) is 14.1. The van der Waals surface area contributed by atoms with Crippen LogP contribution in [0, 0.1) is 5.82 Å². The highest BCUT2D eigenvalue weighted by atomic mass is 19.4. The van der Waals surface area contributed by atoms with Crippen molar-refractivity contribution in [3.05, 3.63) is 65.7 Å². The molecule has 1 N–H and O–H groups in total. The lowest BCUT2D eigenvalue weighted by atomic mass is 10.2. The van der Waals surface area contributed by atoms with Gasteiger partial charge in [0.1, 0.15) is 11.6 Å². The van der Waals surface area contributed by atoms with E-state index in [-0.39, 0.29) is 17.1 Å². The Bertz CT molecular complexity index is 1020. The number of hydrogen-bond acceptors (Lipinski definition) is 4. The highest BCUT2D eigenvalue weighted by Crippen LogP contribution is 2.33. The van der Waals surface area contributed by atoms with E-state index in [0.717, 1.165) is 42.5 Å². The third kappa shape index (κ3) is 4.65. The summed E-state index contributed by atoms with van der Waals surface area (Å²) < 4.78 is 82.7. The summed E-state index contributed by atoms with van der Waals surface area (Å²) >= 11 is 0. The molecule has 6 nitrogen and oxygen atoms in total. The highest BCUT2D eigenvalue weighted by Gasteiger charge is 2.42. The Balaban J connectivity index is 1.91. The van der Waals surface area contributed by atoms with Crippen molar-refractivity contribution in [1.29, 1.82) is 0 Å². The van der Waals surface area contributed by atoms with Crippen LogP contribution in [-0.2, 0) is 6.18 Å². The molecule has 0 fully saturated rings. The molecule has 0 aliphatic carbocycles. The first-order chi connectivity index (χ1) is 13.6. The van der Waals surface area contributed by atoms with Crippen molar-refractivity contribution < 1.29 is 35.9 Å². The Kier molecular flexibility index (Phi) is 5.43. The number of amides is 1. The molecule has 0 bridgehead atoms. The molecule has 0 aliphatic heterocycles. The molecule has 1 heterocycles. The molecule has 1 amide bonds. The van der Waals surface area contributed by atoms with Gasteiger partial charge in [-0.2, -0.15) is 22.0 Å². The van der Waals surface area contributed by atoms with Crippen LogP contribution in [0.5, 0.6) is 5.75 Å². The molecule has 152 valence electrons. The number of carbonyl (C=O) groups excluding carboxylic acids is 1. The molecule has 0 radical (unpaired) electrons. The molecule has 0 atom stereocenters. The Morgan fingerprint density at radius 1 is 1.10 bits per heavy atom. The van der Waals surface area contributed by atoms with Crippen LogP contribution in [0.1, 0.15) is 16.2 Å². The molecule has 0 spiro atoms. The van der Waals surface area contributed by atoms with Gasteiger partial charge in [0.15, 0.2) is 11.4 Å². The second-order valence-electron chi connectivity index (χ2n) is 5.53. The number of anilines is 1. The summed E-state index contributed by atoms with van der Waals surface area (Å²) in [6, 6.07) is 8.66. The lowest BCUT2D eigenvalue weighted by Crippen LogP contribution is -2.21. The van der Waals surface area contributed by atoms with Gasteiger partial charge in [0.2, 0.25) is 0 Å². The fourth-order valence-electron chi connectivity index (χ4n) is 2.39. The van der Waals surface area contributed by atoms with Gasteiger partial charge in [0.05, 0.1) is 5.69 Å². The van der Waals surface area contributed by atoms with Gasteiger partial charge in [-0.3, -0.25) is 4.79 Å². The lowest BCUT2D eigenvalue weighted by Gasteiger charge is -2.11. The molecule has 0 saturated heterocycles. The Labute approximate surface area is 158 Å². The second kappa shape index (κ2) is 7.81. The Morgan fingerprint density at radius 3 is 2.38 bits per heavy atom. The van der Waals surface area contributed by atoms with Crippen molar-refractivity contribution in [3.8, 4) is 11.4 Å². The first kappa shape index (κ1) is 20.2.